The number of hydrogen-bond donors (Lipinski definition) is 1. The zero-order chi connectivity index (χ0) is 10.9. The van der Waals surface area contributed by atoms with E-state index in [4.69, 9.17) is 9.47 Å². The van der Waals surface area contributed by atoms with Crippen LogP contribution in [0, 0.1) is 0 Å². The van der Waals surface area contributed by atoms with Crippen LogP contribution in [0.3, 0.4) is 0 Å². The van der Waals surface area contributed by atoms with Gasteiger partial charge in [0.15, 0.2) is 5.79 Å². The van der Waals surface area contributed by atoms with Crippen LogP contribution in [0.2, 0.25) is 0 Å². The van der Waals surface area contributed by atoms with Gasteiger partial charge in [0.2, 0.25) is 5.91 Å². The van der Waals surface area contributed by atoms with Gasteiger partial charge in [0.05, 0.1) is 25.8 Å². The maximum atomic E-state index is 11.6. The summed E-state index contributed by atoms with van der Waals surface area (Å²) in [6.45, 7) is 4.57. The largest absolute Gasteiger partial charge is 0.347 e. The van der Waals surface area contributed by atoms with Crippen molar-refractivity contribution < 1.29 is 14.3 Å². The van der Waals surface area contributed by atoms with Gasteiger partial charge in [0.1, 0.15) is 0 Å². The van der Waals surface area contributed by atoms with Crippen molar-refractivity contribution in [1.29, 1.82) is 0 Å². The van der Waals surface area contributed by atoms with Crippen molar-refractivity contribution in [3.05, 3.63) is 0 Å². The molecule has 1 unspecified atom stereocenters. The van der Waals surface area contributed by atoms with E-state index in [1.54, 1.807) is 4.90 Å². The molecule has 0 aromatic carbocycles. The van der Waals surface area contributed by atoms with Gasteiger partial charge in [-0.1, -0.05) is 0 Å². The lowest BCUT2D eigenvalue weighted by Gasteiger charge is -2.24. The average Bonchev–Trinajstić information content (AvgIpc) is 2.75. The predicted octanol–water partition coefficient (Wildman–Crippen LogP) is -0.430. The van der Waals surface area contributed by atoms with Crippen LogP contribution < -0.4 is 5.32 Å². The van der Waals surface area contributed by atoms with E-state index in [2.05, 4.69) is 5.32 Å². The third-order valence-corrected chi connectivity index (χ3v) is 3.00. The van der Waals surface area contributed by atoms with Crippen molar-refractivity contribution in [2.75, 3.05) is 33.4 Å². The molecule has 0 aromatic heterocycles. The quantitative estimate of drug-likeness (QED) is 0.692. The number of ether oxygens (including phenoxy) is 2. The number of likely N-dealkylation sites (tertiary alicyclic amines) is 1. The molecular formula is C10H18N2O3. The van der Waals surface area contributed by atoms with Gasteiger partial charge in [-0.3, -0.25) is 4.79 Å². The second-order valence-electron chi connectivity index (χ2n) is 4.31. The third-order valence-electron chi connectivity index (χ3n) is 3.00. The molecule has 0 saturated carbocycles. The smallest absolute Gasteiger partial charge is 0.239 e. The monoisotopic (exact) mass is 214 g/mol. The van der Waals surface area contributed by atoms with Gasteiger partial charge >= 0.3 is 0 Å². The molecule has 1 amide bonds. The van der Waals surface area contributed by atoms with Crippen molar-refractivity contribution in [3.63, 3.8) is 0 Å². The van der Waals surface area contributed by atoms with Crippen molar-refractivity contribution in [2.45, 2.75) is 25.2 Å². The van der Waals surface area contributed by atoms with Gasteiger partial charge in [0, 0.05) is 13.6 Å². The molecule has 2 saturated heterocycles. The van der Waals surface area contributed by atoms with Gasteiger partial charge < -0.3 is 19.7 Å². The fourth-order valence-corrected chi connectivity index (χ4v) is 1.98. The van der Waals surface area contributed by atoms with Crippen molar-refractivity contribution in [1.82, 2.24) is 10.2 Å². The van der Waals surface area contributed by atoms with E-state index in [-0.39, 0.29) is 11.9 Å². The molecule has 2 aliphatic rings. The Labute approximate surface area is 89.7 Å². The second kappa shape index (κ2) is 4.08. The van der Waals surface area contributed by atoms with Crippen LogP contribution in [-0.4, -0.2) is 56.0 Å². The highest BCUT2D eigenvalue weighted by molar-refractivity contribution is 5.83. The maximum absolute atomic E-state index is 11.6. The Morgan fingerprint density at radius 2 is 2.20 bits per heavy atom. The van der Waals surface area contributed by atoms with Gasteiger partial charge in [-0.15, -0.1) is 0 Å². The van der Waals surface area contributed by atoms with Crippen LogP contribution in [0.25, 0.3) is 0 Å². The summed E-state index contributed by atoms with van der Waals surface area (Å²) in [7, 11) is 1.83. The summed E-state index contributed by atoms with van der Waals surface area (Å²) in [6.07, 6.45) is 0.866. The molecule has 2 rings (SSSR count). The van der Waals surface area contributed by atoms with E-state index in [1.165, 1.54) is 0 Å². The number of likely N-dealkylation sites (N-methyl/N-ethyl adjacent to an activating group) is 1. The number of carbonyl (C=O) groups excluding carboxylic acids is 1. The molecule has 5 heteroatoms. The summed E-state index contributed by atoms with van der Waals surface area (Å²) in [4.78, 5) is 13.3. The summed E-state index contributed by atoms with van der Waals surface area (Å²) in [5, 5.41) is 3.20. The highest BCUT2D eigenvalue weighted by Crippen LogP contribution is 2.18. The molecule has 0 bridgehead atoms. The van der Waals surface area contributed by atoms with Gasteiger partial charge in [0.25, 0.3) is 0 Å². The van der Waals surface area contributed by atoms with Crippen LogP contribution in [0.1, 0.15) is 13.3 Å². The number of hydrogen-bond acceptors (Lipinski definition) is 4. The number of rotatable bonds is 3. The SMILES string of the molecule is CN1CCC(NCC2(C)OCCO2)C1=O. The molecule has 2 aliphatic heterocycles. The van der Waals surface area contributed by atoms with Crippen LogP contribution in [0.5, 0.6) is 0 Å². The first-order valence-corrected chi connectivity index (χ1v) is 5.37. The topological polar surface area (TPSA) is 50.8 Å². The van der Waals surface area contributed by atoms with Crippen LogP contribution in [-0.2, 0) is 14.3 Å². The lowest BCUT2D eigenvalue weighted by atomic mass is 10.2. The standard InChI is InChI=1S/C10H18N2O3/c1-10(14-5-6-15-10)7-11-8-3-4-12(2)9(8)13/h8,11H,3-7H2,1-2H3. The zero-order valence-electron chi connectivity index (χ0n) is 9.28. The van der Waals surface area contributed by atoms with Crippen LogP contribution in [0.15, 0.2) is 0 Å². The molecule has 5 nitrogen and oxygen atoms in total. The summed E-state index contributed by atoms with van der Waals surface area (Å²) >= 11 is 0. The first-order valence-electron chi connectivity index (χ1n) is 5.37. The Morgan fingerprint density at radius 1 is 1.53 bits per heavy atom. The number of amides is 1. The Balaban J connectivity index is 1.80. The first kappa shape index (κ1) is 10.9. The van der Waals surface area contributed by atoms with Crippen molar-refractivity contribution in [2.24, 2.45) is 0 Å². The number of nitrogens with one attached hydrogen (secondary N) is 1. The maximum Gasteiger partial charge on any atom is 0.239 e. The minimum Gasteiger partial charge on any atom is -0.347 e. The first-order chi connectivity index (χ1) is 7.11. The molecule has 0 aromatic rings. The molecule has 1 atom stereocenters. The molecule has 0 radical (unpaired) electrons. The van der Waals surface area contributed by atoms with Crippen LogP contribution in [0.4, 0.5) is 0 Å². The summed E-state index contributed by atoms with van der Waals surface area (Å²) in [5.41, 5.74) is 0. The Hall–Kier alpha value is -0.650. The lowest BCUT2D eigenvalue weighted by molar-refractivity contribution is -0.141. The van der Waals surface area contributed by atoms with E-state index in [9.17, 15) is 4.79 Å². The molecule has 1 N–H and O–H groups in total. The second-order valence-corrected chi connectivity index (χ2v) is 4.31. The molecule has 2 fully saturated rings. The fourth-order valence-electron chi connectivity index (χ4n) is 1.98. The minimum absolute atomic E-state index is 0.0698. The summed E-state index contributed by atoms with van der Waals surface area (Å²) in [5.74, 6) is -0.391. The fraction of sp³-hybridized carbons (Fsp3) is 0.900. The minimum atomic E-state index is -0.554. The van der Waals surface area contributed by atoms with E-state index in [0.29, 0.717) is 19.8 Å². The number of nitrogens with zero attached hydrogens (tertiary/aromatic N) is 1. The van der Waals surface area contributed by atoms with E-state index < -0.39 is 5.79 Å². The molecule has 86 valence electrons. The number of carbonyl (C=O) groups is 1. The molecule has 2 heterocycles. The Kier molecular flexibility index (Phi) is 2.95. The van der Waals surface area contributed by atoms with E-state index >= 15 is 0 Å². The average molecular weight is 214 g/mol. The summed E-state index contributed by atoms with van der Waals surface area (Å²) < 4.78 is 10.9. The Morgan fingerprint density at radius 3 is 2.73 bits per heavy atom. The van der Waals surface area contributed by atoms with Gasteiger partial charge in [-0.25, -0.2) is 0 Å². The van der Waals surface area contributed by atoms with Gasteiger partial charge in [-0.2, -0.15) is 0 Å². The summed E-state index contributed by atoms with van der Waals surface area (Å²) in [6, 6.07) is -0.0698. The normalized spacial score (nSPS) is 30.1. The molecule has 0 spiro atoms. The van der Waals surface area contributed by atoms with Crippen molar-refractivity contribution in [3.8, 4) is 0 Å². The van der Waals surface area contributed by atoms with Crippen molar-refractivity contribution >= 4 is 5.91 Å². The van der Waals surface area contributed by atoms with Gasteiger partial charge in [-0.05, 0) is 13.3 Å². The van der Waals surface area contributed by atoms with E-state index in [0.717, 1.165) is 13.0 Å². The lowest BCUT2D eigenvalue weighted by Crippen LogP contribution is -2.46. The predicted molar refractivity (Wildman–Crippen MR) is 54.4 cm³/mol. The molecule has 0 aliphatic carbocycles. The zero-order valence-corrected chi connectivity index (χ0v) is 9.28. The Bertz CT molecular complexity index is 251. The highest BCUT2D eigenvalue weighted by atomic mass is 16.7. The highest BCUT2D eigenvalue weighted by Gasteiger charge is 2.34. The third kappa shape index (κ3) is 2.30. The molecule has 15 heavy (non-hydrogen) atoms. The molecular weight excluding hydrogens is 196 g/mol. The van der Waals surface area contributed by atoms with Crippen LogP contribution >= 0.6 is 0 Å². The van der Waals surface area contributed by atoms with E-state index in [1.807, 2.05) is 14.0 Å².